The summed E-state index contributed by atoms with van der Waals surface area (Å²) in [6.07, 6.45) is 8.18. The second-order valence-electron chi connectivity index (χ2n) is 9.01. The third-order valence-corrected chi connectivity index (χ3v) is 7.52. The molecule has 1 aromatic heterocycles. The van der Waals surface area contributed by atoms with Gasteiger partial charge in [-0.3, -0.25) is 0 Å². The van der Waals surface area contributed by atoms with Crippen LogP contribution in [0.1, 0.15) is 48.8 Å². The zero-order chi connectivity index (χ0) is 21.2. The molecule has 1 aliphatic rings. The highest BCUT2D eigenvalue weighted by molar-refractivity contribution is 7.22. The van der Waals surface area contributed by atoms with E-state index in [2.05, 4.69) is 80.6 Å². The Hall–Kier alpha value is -2.58. The standard InChI is InChI=1S/C29H30OS/c1-20-11-18-26-27(19-20)31-29(25-10-6-3-7-21(25)2)28(26)30-24-16-14-23(15-17-24)9-5-4-8-22-12-13-22/h3,6-7,10-11,14-19,22H,4-5,8-9,12-13H2,1-2H3. The van der Waals surface area contributed by atoms with Crippen LogP contribution in [0.15, 0.2) is 66.7 Å². The molecular formula is C29H30OS. The summed E-state index contributed by atoms with van der Waals surface area (Å²) in [7, 11) is 0. The Balaban J connectivity index is 1.40. The molecule has 0 atom stereocenters. The van der Waals surface area contributed by atoms with Gasteiger partial charge in [0.15, 0.2) is 5.75 Å². The van der Waals surface area contributed by atoms with Gasteiger partial charge in [0, 0.05) is 10.1 Å². The summed E-state index contributed by atoms with van der Waals surface area (Å²) in [5, 5.41) is 1.19. The van der Waals surface area contributed by atoms with Gasteiger partial charge in [-0.15, -0.1) is 11.3 Å². The van der Waals surface area contributed by atoms with E-state index >= 15 is 0 Å². The van der Waals surface area contributed by atoms with Crippen LogP contribution in [0.4, 0.5) is 0 Å². The Bertz CT molecular complexity index is 1180. The zero-order valence-corrected chi connectivity index (χ0v) is 19.3. The van der Waals surface area contributed by atoms with Crippen LogP contribution >= 0.6 is 11.3 Å². The van der Waals surface area contributed by atoms with Crippen molar-refractivity contribution in [2.75, 3.05) is 0 Å². The van der Waals surface area contributed by atoms with Crippen LogP contribution in [0, 0.1) is 19.8 Å². The van der Waals surface area contributed by atoms with Crippen molar-refractivity contribution in [3.8, 4) is 21.9 Å². The van der Waals surface area contributed by atoms with Gasteiger partial charge in [0.25, 0.3) is 0 Å². The average Bonchev–Trinajstić information content (AvgIpc) is 3.54. The van der Waals surface area contributed by atoms with Crippen molar-refractivity contribution in [2.24, 2.45) is 5.92 Å². The lowest BCUT2D eigenvalue weighted by Crippen LogP contribution is -1.89. The molecule has 1 heterocycles. The maximum absolute atomic E-state index is 6.54. The normalized spacial score (nSPS) is 13.6. The monoisotopic (exact) mass is 426 g/mol. The second-order valence-corrected chi connectivity index (χ2v) is 10.1. The largest absolute Gasteiger partial charge is 0.455 e. The van der Waals surface area contributed by atoms with Crippen molar-refractivity contribution in [3.05, 3.63) is 83.4 Å². The summed E-state index contributed by atoms with van der Waals surface area (Å²) in [6.45, 7) is 4.32. The van der Waals surface area contributed by atoms with Crippen molar-refractivity contribution in [3.63, 3.8) is 0 Å². The third kappa shape index (κ3) is 4.70. The number of rotatable bonds is 8. The smallest absolute Gasteiger partial charge is 0.153 e. The fraction of sp³-hybridized carbons (Fsp3) is 0.310. The first-order chi connectivity index (χ1) is 15.2. The minimum absolute atomic E-state index is 0.914. The van der Waals surface area contributed by atoms with E-state index in [1.807, 2.05) is 11.3 Å². The Labute approximate surface area is 189 Å². The zero-order valence-electron chi connectivity index (χ0n) is 18.5. The van der Waals surface area contributed by atoms with Gasteiger partial charge in [0.2, 0.25) is 0 Å². The number of hydrogen-bond acceptors (Lipinski definition) is 2. The van der Waals surface area contributed by atoms with E-state index in [4.69, 9.17) is 4.74 Å². The minimum atomic E-state index is 0.914. The highest BCUT2D eigenvalue weighted by Crippen LogP contribution is 2.47. The molecule has 0 saturated heterocycles. The topological polar surface area (TPSA) is 9.23 Å². The van der Waals surface area contributed by atoms with Crippen molar-refractivity contribution < 1.29 is 4.74 Å². The molecule has 1 fully saturated rings. The Morgan fingerprint density at radius 1 is 0.903 bits per heavy atom. The summed E-state index contributed by atoms with van der Waals surface area (Å²) < 4.78 is 7.82. The van der Waals surface area contributed by atoms with Crippen LogP contribution in [0.25, 0.3) is 20.5 Å². The van der Waals surface area contributed by atoms with Crippen LogP contribution in [0.5, 0.6) is 11.5 Å². The highest BCUT2D eigenvalue weighted by atomic mass is 32.1. The first kappa shape index (κ1) is 20.3. The maximum Gasteiger partial charge on any atom is 0.153 e. The Morgan fingerprint density at radius 3 is 2.48 bits per heavy atom. The second kappa shape index (κ2) is 8.88. The van der Waals surface area contributed by atoms with E-state index in [1.165, 1.54) is 75.7 Å². The lowest BCUT2D eigenvalue weighted by Gasteiger charge is -2.10. The lowest BCUT2D eigenvalue weighted by atomic mass is 10.1. The number of fused-ring (bicyclic) bond motifs is 1. The summed E-state index contributed by atoms with van der Waals surface area (Å²) in [5.41, 5.74) is 5.22. The highest BCUT2D eigenvalue weighted by Gasteiger charge is 2.20. The van der Waals surface area contributed by atoms with Crippen molar-refractivity contribution in [1.29, 1.82) is 0 Å². The molecule has 4 aromatic rings. The lowest BCUT2D eigenvalue weighted by molar-refractivity contribution is 0.491. The molecule has 0 bridgehead atoms. The Morgan fingerprint density at radius 2 is 1.71 bits per heavy atom. The van der Waals surface area contributed by atoms with E-state index < -0.39 is 0 Å². The fourth-order valence-corrected chi connectivity index (χ4v) is 5.62. The van der Waals surface area contributed by atoms with E-state index in [9.17, 15) is 0 Å². The van der Waals surface area contributed by atoms with Crippen LogP contribution in [-0.4, -0.2) is 0 Å². The van der Waals surface area contributed by atoms with Gasteiger partial charge in [-0.2, -0.15) is 0 Å². The quantitative estimate of drug-likeness (QED) is 0.255. The van der Waals surface area contributed by atoms with Gasteiger partial charge >= 0.3 is 0 Å². The average molecular weight is 427 g/mol. The molecular weight excluding hydrogens is 396 g/mol. The molecule has 5 rings (SSSR count). The van der Waals surface area contributed by atoms with E-state index in [0.717, 1.165) is 17.4 Å². The van der Waals surface area contributed by atoms with Gasteiger partial charge < -0.3 is 4.74 Å². The minimum Gasteiger partial charge on any atom is -0.455 e. The van der Waals surface area contributed by atoms with E-state index in [-0.39, 0.29) is 0 Å². The molecule has 0 spiro atoms. The molecule has 1 saturated carbocycles. The molecule has 2 heteroatoms. The fourth-order valence-electron chi connectivity index (χ4n) is 4.30. The Kier molecular flexibility index (Phi) is 5.82. The molecule has 158 valence electrons. The van der Waals surface area contributed by atoms with Gasteiger partial charge in [-0.25, -0.2) is 0 Å². The molecule has 0 amide bonds. The molecule has 3 aromatic carbocycles. The first-order valence-electron chi connectivity index (χ1n) is 11.5. The summed E-state index contributed by atoms with van der Waals surface area (Å²) in [6, 6.07) is 24.0. The summed E-state index contributed by atoms with van der Waals surface area (Å²) in [4.78, 5) is 1.21. The number of ether oxygens (including phenoxy) is 1. The van der Waals surface area contributed by atoms with Crippen LogP contribution in [0.2, 0.25) is 0 Å². The van der Waals surface area contributed by atoms with Gasteiger partial charge in [-0.05, 0) is 79.1 Å². The van der Waals surface area contributed by atoms with E-state index in [0.29, 0.717) is 0 Å². The predicted octanol–water partition coefficient (Wildman–Crippen LogP) is 9.10. The molecule has 0 aliphatic heterocycles. The van der Waals surface area contributed by atoms with Gasteiger partial charge in [0.1, 0.15) is 5.75 Å². The molecule has 1 aliphatic carbocycles. The van der Waals surface area contributed by atoms with Crippen molar-refractivity contribution in [2.45, 2.75) is 52.4 Å². The van der Waals surface area contributed by atoms with E-state index in [1.54, 1.807) is 0 Å². The molecule has 0 unspecified atom stereocenters. The summed E-state index contributed by atoms with van der Waals surface area (Å²) >= 11 is 1.82. The van der Waals surface area contributed by atoms with Gasteiger partial charge in [-0.1, -0.05) is 68.1 Å². The van der Waals surface area contributed by atoms with Crippen LogP contribution < -0.4 is 4.74 Å². The van der Waals surface area contributed by atoms with Gasteiger partial charge in [0.05, 0.1) is 4.88 Å². The summed E-state index contributed by atoms with van der Waals surface area (Å²) in [5.74, 6) is 2.94. The number of hydrogen-bond donors (Lipinski definition) is 0. The number of aryl methyl sites for hydroxylation is 3. The molecule has 0 N–H and O–H groups in total. The number of thiophene rings is 1. The van der Waals surface area contributed by atoms with Crippen molar-refractivity contribution in [1.82, 2.24) is 0 Å². The van der Waals surface area contributed by atoms with Crippen molar-refractivity contribution >= 4 is 21.4 Å². The molecule has 31 heavy (non-hydrogen) atoms. The molecule has 1 nitrogen and oxygen atoms in total. The maximum atomic E-state index is 6.54. The number of unbranched alkanes of at least 4 members (excludes halogenated alkanes) is 1. The predicted molar refractivity (Wildman–Crippen MR) is 134 cm³/mol. The SMILES string of the molecule is Cc1ccc2c(Oc3ccc(CCCCC4CC4)cc3)c(-c3ccccc3C)sc2c1. The van der Waals surface area contributed by atoms with Crippen LogP contribution in [0.3, 0.4) is 0 Å². The first-order valence-corrected chi connectivity index (χ1v) is 12.3. The molecule has 0 radical (unpaired) electrons. The third-order valence-electron chi connectivity index (χ3n) is 6.36. The number of benzene rings is 3. The van der Waals surface area contributed by atoms with Crippen LogP contribution in [-0.2, 0) is 6.42 Å².